The summed E-state index contributed by atoms with van der Waals surface area (Å²) in [5.74, 6) is -0.310. The minimum absolute atomic E-state index is 0.0227. The van der Waals surface area contributed by atoms with E-state index in [9.17, 15) is 18.7 Å². The fraction of sp³-hybridized carbons (Fsp3) is 0.909. The maximum atomic E-state index is 11.7. The van der Waals surface area contributed by atoms with Crippen LogP contribution in [0, 0.1) is 0 Å². The van der Waals surface area contributed by atoms with E-state index in [1.54, 1.807) is 6.92 Å². The highest BCUT2D eigenvalue weighted by molar-refractivity contribution is 5.76. The Morgan fingerprint density at radius 1 is 1.53 bits per heavy atom. The van der Waals surface area contributed by atoms with E-state index in [4.69, 9.17) is 0 Å². The molecule has 4 nitrogen and oxygen atoms in total. The minimum atomic E-state index is -2.51. The number of rotatable bonds is 9. The highest BCUT2D eigenvalue weighted by atomic mass is 19.3. The third-order valence-electron chi connectivity index (χ3n) is 2.17. The summed E-state index contributed by atoms with van der Waals surface area (Å²) in [5, 5.41) is 12.3. The van der Waals surface area contributed by atoms with Gasteiger partial charge in [0.1, 0.15) is 6.61 Å². The van der Waals surface area contributed by atoms with Crippen LogP contribution in [0.4, 0.5) is 8.78 Å². The summed E-state index contributed by atoms with van der Waals surface area (Å²) in [4.78, 5) is 11.2. The van der Waals surface area contributed by atoms with Gasteiger partial charge in [-0.15, -0.1) is 0 Å². The number of amides is 1. The topological polar surface area (TPSA) is 58.6 Å². The first-order valence-corrected chi connectivity index (χ1v) is 5.72. The summed E-state index contributed by atoms with van der Waals surface area (Å²) in [6, 6.07) is 0. The molecule has 0 aliphatic heterocycles. The molecule has 0 aromatic rings. The molecule has 1 atom stereocenters. The number of ether oxygens (including phenoxy) is 1. The van der Waals surface area contributed by atoms with Crippen LogP contribution < -0.4 is 5.32 Å². The van der Waals surface area contributed by atoms with Gasteiger partial charge in [0.2, 0.25) is 5.91 Å². The molecule has 0 radical (unpaired) electrons. The van der Waals surface area contributed by atoms with Crippen LogP contribution in [0.2, 0.25) is 0 Å². The van der Waals surface area contributed by atoms with Gasteiger partial charge in [-0.1, -0.05) is 13.3 Å². The van der Waals surface area contributed by atoms with Crippen molar-refractivity contribution in [2.75, 3.05) is 19.8 Å². The van der Waals surface area contributed by atoms with E-state index in [0.29, 0.717) is 6.42 Å². The van der Waals surface area contributed by atoms with Crippen LogP contribution >= 0.6 is 0 Å². The second-order valence-corrected chi connectivity index (χ2v) is 4.24. The molecule has 6 heteroatoms. The number of hydrogen-bond acceptors (Lipinski definition) is 3. The first kappa shape index (κ1) is 16.2. The molecule has 0 fully saturated rings. The summed E-state index contributed by atoms with van der Waals surface area (Å²) >= 11 is 0. The van der Waals surface area contributed by atoms with Crippen LogP contribution in [0.15, 0.2) is 0 Å². The number of carbonyl (C=O) groups is 1. The fourth-order valence-electron chi connectivity index (χ4n) is 1.34. The van der Waals surface area contributed by atoms with Gasteiger partial charge in [-0.25, -0.2) is 8.78 Å². The molecule has 0 spiro atoms. The maximum Gasteiger partial charge on any atom is 0.261 e. The number of halogens is 2. The lowest BCUT2D eigenvalue weighted by Gasteiger charge is -2.22. The van der Waals surface area contributed by atoms with Gasteiger partial charge in [0.15, 0.2) is 0 Å². The maximum absolute atomic E-state index is 11.7. The molecule has 0 aromatic carbocycles. The van der Waals surface area contributed by atoms with Crippen LogP contribution in [-0.2, 0) is 9.53 Å². The van der Waals surface area contributed by atoms with E-state index in [0.717, 1.165) is 6.42 Å². The van der Waals surface area contributed by atoms with Crippen molar-refractivity contribution < 1.29 is 23.4 Å². The predicted molar refractivity (Wildman–Crippen MR) is 60.0 cm³/mol. The molecule has 0 saturated heterocycles. The molecular formula is C11H21F2NO3. The lowest BCUT2D eigenvalue weighted by molar-refractivity contribution is -0.123. The lowest BCUT2D eigenvalue weighted by atomic mass is 10.0. The van der Waals surface area contributed by atoms with E-state index in [-0.39, 0.29) is 25.5 Å². The lowest BCUT2D eigenvalue weighted by Crippen LogP contribution is -2.40. The zero-order valence-corrected chi connectivity index (χ0v) is 10.3. The molecule has 17 heavy (non-hydrogen) atoms. The average molecular weight is 253 g/mol. The van der Waals surface area contributed by atoms with Gasteiger partial charge in [0, 0.05) is 13.0 Å². The van der Waals surface area contributed by atoms with Crippen molar-refractivity contribution in [3.05, 3.63) is 0 Å². The molecule has 0 rings (SSSR count). The van der Waals surface area contributed by atoms with Crippen LogP contribution in [-0.4, -0.2) is 42.8 Å². The third kappa shape index (κ3) is 10.1. The molecule has 0 aliphatic rings. The highest BCUT2D eigenvalue weighted by Gasteiger charge is 2.19. The molecule has 2 N–H and O–H groups in total. The summed E-state index contributed by atoms with van der Waals surface area (Å²) in [7, 11) is 0. The Labute approximate surface area is 100 Å². The second-order valence-electron chi connectivity index (χ2n) is 4.24. The van der Waals surface area contributed by atoms with Gasteiger partial charge in [-0.2, -0.15) is 0 Å². The second kappa shape index (κ2) is 8.36. The summed E-state index contributed by atoms with van der Waals surface area (Å²) in [5.41, 5.74) is -0.922. The zero-order chi connectivity index (χ0) is 13.3. The SMILES string of the molecule is CCCC(C)(O)CNC(=O)CCOCC(F)F. The van der Waals surface area contributed by atoms with Gasteiger partial charge in [-0.05, 0) is 13.3 Å². The first-order valence-electron chi connectivity index (χ1n) is 5.72. The van der Waals surface area contributed by atoms with Gasteiger partial charge in [-0.3, -0.25) is 4.79 Å². The Hall–Kier alpha value is -0.750. The van der Waals surface area contributed by atoms with Crippen LogP contribution in [0.1, 0.15) is 33.1 Å². The normalized spacial score (nSPS) is 14.7. The number of alkyl halides is 2. The largest absolute Gasteiger partial charge is 0.388 e. The summed E-state index contributed by atoms with van der Waals surface area (Å²) in [6.45, 7) is 3.06. The van der Waals surface area contributed by atoms with E-state index < -0.39 is 18.6 Å². The summed E-state index contributed by atoms with van der Waals surface area (Å²) < 4.78 is 28.0. The van der Waals surface area contributed by atoms with Crippen LogP contribution in [0.25, 0.3) is 0 Å². The van der Waals surface area contributed by atoms with Gasteiger partial charge in [0.05, 0.1) is 12.2 Å². The van der Waals surface area contributed by atoms with E-state index in [1.807, 2.05) is 6.92 Å². The molecule has 1 unspecified atom stereocenters. The Morgan fingerprint density at radius 3 is 2.71 bits per heavy atom. The van der Waals surface area contributed by atoms with E-state index in [2.05, 4.69) is 10.1 Å². The zero-order valence-electron chi connectivity index (χ0n) is 10.3. The molecule has 0 saturated carbocycles. The standard InChI is InChI=1S/C11H21F2NO3/c1-3-5-11(2,16)8-14-10(15)4-6-17-7-9(12)13/h9,16H,3-8H2,1-2H3,(H,14,15). The summed E-state index contributed by atoms with van der Waals surface area (Å²) in [6.07, 6.45) is -1.08. The van der Waals surface area contributed by atoms with Crippen LogP contribution in [0.3, 0.4) is 0 Å². The van der Waals surface area contributed by atoms with Crippen molar-refractivity contribution in [2.24, 2.45) is 0 Å². The van der Waals surface area contributed by atoms with Crippen molar-refractivity contribution in [2.45, 2.75) is 45.1 Å². The Balaban J connectivity index is 3.59. The Bertz CT molecular complexity index is 223. The van der Waals surface area contributed by atoms with Crippen molar-refractivity contribution in [1.29, 1.82) is 0 Å². The van der Waals surface area contributed by atoms with Gasteiger partial charge in [0.25, 0.3) is 6.43 Å². The fourth-order valence-corrected chi connectivity index (χ4v) is 1.34. The quantitative estimate of drug-likeness (QED) is 0.609. The van der Waals surface area contributed by atoms with E-state index >= 15 is 0 Å². The van der Waals surface area contributed by atoms with Crippen molar-refractivity contribution in [3.8, 4) is 0 Å². The number of hydrogen-bond donors (Lipinski definition) is 2. The molecule has 0 bridgehead atoms. The number of nitrogens with one attached hydrogen (secondary N) is 1. The Morgan fingerprint density at radius 2 is 2.18 bits per heavy atom. The highest BCUT2D eigenvalue weighted by Crippen LogP contribution is 2.09. The third-order valence-corrected chi connectivity index (χ3v) is 2.17. The van der Waals surface area contributed by atoms with Crippen molar-refractivity contribution in [1.82, 2.24) is 5.32 Å². The molecule has 0 heterocycles. The number of carbonyl (C=O) groups excluding carboxylic acids is 1. The van der Waals surface area contributed by atoms with Crippen LogP contribution in [0.5, 0.6) is 0 Å². The van der Waals surface area contributed by atoms with Gasteiger partial charge >= 0.3 is 0 Å². The first-order chi connectivity index (χ1) is 7.87. The molecular weight excluding hydrogens is 232 g/mol. The number of aliphatic hydroxyl groups is 1. The van der Waals surface area contributed by atoms with E-state index in [1.165, 1.54) is 0 Å². The molecule has 0 aromatic heterocycles. The van der Waals surface area contributed by atoms with Crippen molar-refractivity contribution in [3.63, 3.8) is 0 Å². The Kier molecular flexibility index (Phi) is 7.99. The molecule has 102 valence electrons. The average Bonchev–Trinajstić information content (AvgIpc) is 2.21. The molecule has 1 amide bonds. The molecule has 0 aliphatic carbocycles. The predicted octanol–water partition coefficient (Wildman–Crippen LogP) is 1.33. The minimum Gasteiger partial charge on any atom is -0.388 e. The monoisotopic (exact) mass is 253 g/mol. The van der Waals surface area contributed by atoms with Crippen molar-refractivity contribution >= 4 is 5.91 Å². The van der Waals surface area contributed by atoms with Gasteiger partial charge < -0.3 is 15.2 Å². The smallest absolute Gasteiger partial charge is 0.261 e.